The quantitative estimate of drug-likeness (QED) is 0.535. The van der Waals surface area contributed by atoms with E-state index < -0.39 is 16.8 Å². The Morgan fingerprint density at radius 2 is 1.64 bits per heavy atom. The molecule has 0 saturated heterocycles. The molecule has 0 fully saturated rings. The summed E-state index contributed by atoms with van der Waals surface area (Å²) < 4.78 is 61.7. The third kappa shape index (κ3) is 22.6. The Bertz CT molecular complexity index is 224. The van der Waals surface area contributed by atoms with Gasteiger partial charge in [-0.1, -0.05) is 0 Å². The van der Waals surface area contributed by atoms with Gasteiger partial charge in [0.05, 0.1) is 13.1 Å². The van der Waals surface area contributed by atoms with Crippen LogP contribution in [0.3, 0.4) is 0 Å². The lowest BCUT2D eigenvalue weighted by Gasteiger charge is -2.08. The predicted molar refractivity (Wildman–Crippen MR) is 39.8 cm³/mol. The maximum atomic E-state index is 10.8. The van der Waals surface area contributed by atoms with Gasteiger partial charge in [0.25, 0.3) is 0 Å². The van der Waals surface area contributed by atoms with Crippen LogP contribution in [0.5, 0.6) is 0 Å². The minimum Gasteiger partial charge on any atom is -0.725 e. The summed E-state index contributed by atoms with van der Waals surface area (Å²) in [4.78, 5) is 0. The molecule has 0 aliphatic heterocycles. The molecule has 14 heavy (non-hydrogen) atoms. The summed E-state index contributed by atoms with van der Waals surface area (Å²) >= 11 is 0. The Hall–Kier alpha value is -0.380. The van der Waals surface area contributed by atoms with Gasteiger partial charge in [0.15, 0.2) is 0 Å². The summed E-state index contributed by atoms with van der Waals surface area (Å²) in [6.45, 7) is 6.75. The monoisotopic (exact) mass is 239 g/mol. The van der Waals surface area contributed by atoms with Crippen LogP contribution >= 0.6 is 0 Å². The Morgan fingerprint density at radius 3 is 1.64 bits per heavy atom. The normalized spacial score (nSPS) is 11.9. The number of hydrogen-bond donors (Lipinski definition) is 1. The highest BCUT2D eigenvalue weighted by Gasteiger charge is 2.32. The summed E-state index contributed by atoms with van der Waals surface area (Å²) in [5.41, 5.74) is 0. The van der Waals surface area contributed by atoms with E-state index in [-0.39, 0.29) is 0 Å². The number of alkyl halides is 3. The topological polar surface area (TPSA) is 83.0 Å². The van der Waals surface area contributed by atoms with Crippen LogP contribution in [0.25, 0.3) is 0 Å². The van der Waals surface area contributed by atoms with Gasteiger partial charge < -0.3 is 9.87 Å². The minimum absolute atomic E-state index is 1.22. The van der Waals surface area contributed by atoms with Crippen molar-refractivity contribution in [3.05, 3.63) is 0 Å². The first-order chi connectivity index (χ1) is 6.12. The summed E-state index contributed by atoms with van der Waals surface area (Å²) in [7, 11) is -5.66. The second-order valence-corrected chi connectivity index (χ2v) is 3.03. The molecule has 0 heterocycles. The third-order valence-corrected chi connectivity index (χ3v) is 1.17. The molecule has 0 spiro atoms. The van der Waals surface area contributed by atoms with Gasteiger partial charge in [-0.25, -0.2) is 8.42 Å². The average Bonchev–Trinajstić information content (AvgIpc) is 1.81. The maximum Gasteiger partial charge on any atom is 0.536 e. The lowest BCUT2D eigenvalue weighted by atomic mass is 10.7. The standard InChI is InChI=1S/C4H11N.CHF3O4S/c1-3-5-4-2;2-1(3,4)8-9(5,6)7/h5H,3-4H2,1-2H3;(H,5,6,7). The van der Waals surface area contributed by atoms with Gasteiger partial charge in [-0.3, -0.25) is 0 Å². The van der Waals surface area contributed by atoms with Crippen molar-refractivity contribution >= 4 is 10.4 Å². The fraction of sp³-hybridized carbons (Fsp3) is 1.00. The summed E-state index contributed by atoms with van der Waals surface area (Å²) in [5.74, 6) is 0. The molecule has 88 valence electrons. The zero-order valence-corrected chi connectivity index (χ0v) is 8.48. The Kier molecular flexibility index (Phi) is 8.01. The lowest BCUT2D eigenvalue weighted by Crippen LogP contribution is -2.82. The fourth-order valence-corrected chi connectivity index (χ4v) is 0.636. The SMILES string of the molecule is CC[NH2+]CC.O=S(=O)([O-])OC(F)(F)F. The first-order valence-corrected chi connectivity index (χ1v) is 5.00. The van der Waals surface area contributed by atoms with E-state index in [0.717, 1.165) is 0 Å². The zero-order chi connectivity index (χ0) is 11.8. The van der Waals surface area contributed by atoms with Crippen molar-refractivity contribution < 1.29 is 35.6 Å². The van der Waals surface area contributed by atoms with E-state index in [1.807, 2.05) is 4.18 Å². The average molecular weight is 239 g/mol. The van der Waals surface area contributed by atoms with Crippen molar-refractivity contribution in [2.24, 2.45) is 0 Å². The molecule has 2 N–H and O–H groups in total. The van der Waals surface area contributed by atoms with Crippen LogP contribution in [0, 0.1) is 0 Å². The number of halogens is 3. The Labute approximate surface area is 80.2 Å². The van der Waals surface area contributed by atoms with E-state index in [2.05, 4.69) is 19.2 Å². The largest absolute Gasteiger partial charge is 0.725 e. The van der Waals surface area contributed by atoms with Crippen LogP contribution in [0.15, 0.2) is 0 Å². The Morgan fingerprint density at radius 1 is 1.29 bits per heavy atom. The molecule has 5 nitrogen and oxygen atoms in total. The number of hydrogen-bond acceptors (Lipinski definition) is 4. The van der Waals surface area contributed by atoms with E-state index in [9.17, 15) is 13.2 Å². The first kappa shape index (κ1) is 16.1. The van der Waals surface area contributed by atoms with Crippen molar-refractivity contribution in [2.45, 2.75) is 20.2 Å². The molecular weight excluding hydrogens is 227 g/mol. The van der Waals surface area contributed by atoms with Crippen molar-refractivity contribution in [2.75, 3.05) is 13.1 Å². The lowest BCUT2D eigenvalue weighted by molar-refractivity contribution is -0.648. The molecular formula is C5H12F3NO4S. The number of nitrogens with two attached hydrogens (primary N) is 1. The minimum atomic E-state index is -5.66. The number of rotatable bonds is 3. The molecule has 0 radical (unpaired) electrons. The number of quaternary nitrogens is 1. The van der Waals surface area contributed by atoms with Gasteiger partial charge >= 0.3 is 6.36 Å². The smallest absolute Gasteiger partial charge is 0.536 e. The van der Waals surface area contributed by atoms with E-state index in [1.165, 1.54) is 13.1 Å². The summed E-state index contributed by atoms with van der Waals surface area (Å²) in [6.07, 6.45) is -5.42. The highest BCUT2D eigenvalue weighted by atomic mass is 32.3. The maximum absolute atomic E-state index is 10.8. The van der Waals surface area contributed by atoms with Crippen LogP contribution in [0.4, 0.5) is 13.2 Å². The predicted octanol–water partition coefficient (Wildman–Crippen LogP) is -0.427. The van der Waals surface area contributed by atoms with Crippen LogP contribution < -0.4 is 5.32 Å². The highest BCUT2D eigenvalue weighted by Crippen LogP contribution is 2.17. The van der Waals surface area contributed by atoms with Crippen LogP contribution in [0.2, 0.25) is 0 Å². The van der Waals surface area contributed by atoms with Gasteiger partial charge in [-0.15, -0.1) is 13.2 Å². The van der Waals surface area contributed by atoms with Crippen LogP contribution in [0.1, 0.15) is 13.8 Å². The van der Waals surface area contributed by atoms with Gasteiger partial charge in [-0.05, 0) is 13.8 Å². The van der Waals surface area contributed by atoms with E-state index in [4.69, 9.17) is 13.0 Å². The van der Waals surface area contributed by atoms with Gasteiger partial charge in [-0.2, -0.15) is 4.18 Å². The molecule has 0 aromatic carbocycles. The van der Waals surface area contributed by atoms with Gasteiger partial charge in [0.2, 0.25) is 10.4 Å². The fourth-order valence-electron chi connectivity index (χ4n) is 0.404. The van der Waals surface area contributed by atoms with Crippen molar-refractivity contribution in [3.8, 4) is 0 Å². The van der Waals surface area contributed by atoms with Crippen molar-refractivity contribution in [1.82, 2.24) is 0 Å². The van der Waals surface area contributed by atoms with Crippen molar-refractivity contribution in [1.29, 1.82) is 0 Å². The van der Waals surface area contributed by atoms with E-state index in [0.29, 0.717) is 0 Å². The van der Waals surface area contributed by atoms with Gasteiger partial charge in [0.1, 0.15) is 0 Å². The summed E-state index contributed by atoms with van der Waals surface area (Å²) in [6, 6.07) is 0. The zero-order valence-electron chi connectivity index (χ0n) is 7.67. The van der Waals surface area contributed by atoms with E-state index >= 15 is 0 Å². The summed E-state index contributed by atoms with van der Waals surface area (Å²) in [5, 5.41) is 2.25. The molecule has 0 saturated carbocycles. The molecule has 9 heteroatoms. The van der Waals surface area contributed by atoms with Crippen LogP contribution in [-0.4, -0.2) is 32.4 Å². The molecule has 0 aliphatic rings. The molecule has 0 unspecified atom stereocenters. The Balaban J connectivity index is 0. The third-order valence-electron chi connectivity index (χ3n) is 0.774. The first-order valence-electron chi connectivity index (χ1n) is 3.67. The second-order valence-electron chi connectivity index (χ2n) is 2.04. The molecule has 0 amide bonds. The molecule has 0 atom stereocenters. The molecule has 0 bridgehead atoms. The van der Waals surface area contributed by atoms with Crippen LogP contribution in [-0.2, 0) is 14.6 Å². The molecule has 0 aromatic rings. The highest BCUT2D eigenvalue weighted by molar-refractivity contribution is 7.80. The second kappa shape index (κ2) is 6.98. The van der Waals surface area contributed by atoms with Gasteiger partial charge in [0, 0.05) is 0 Å². The molecule has 0 aromatic heterocycles. The molecule has 0 rings (SSSR count). The van der Waals surface area contributed by atoms with Crippen molar-refractivity contribution in [3.63, 3.8) is 0 Å². The molecule has 0 aliphatic carbocycles. The van der Waals surface area contributed by atoms with E-state index in [1.54, 1.807) is 0 Å².